The molecule has 0 aliphatic carbocycles. The van der Waals surface area contributed by atoms with Crippen LogP contribution < -0.4 is 20.3 Å². The van der Waals surface area contributed by atoms with Crippen LogP contribution in [-0.2, 0) is 9.53 Å². The quantitative estimate of drug-likeness (QED) is 0.529. The molecule has 2 fully saturated rings. The van der Waals surface area contributed by atoms with Gasteiger partial charge in [0.15, 0.2) is 6.10 Å². The first kappa shape index (κ1) is 24.3. The third-order valence-corrected chi connectivity index (χ3v) is 6.69. The molecular formula is C25H31ClN4O4. The maximum absolute atomic E-state index is 12.7. The zero-order valence-corrected chi connectivity index (χ0v) is 20.3. The number of hydrogen-bond donors (Lipinski definition) is 2. The van der Waals surface area contributed by atoms with Gasteiger partial charge in [-0.3, -0.25) is 9.59 Å². The van der Waals surface area contributed by atoms with Gasteiger partial charge >= 0.3 is 0 Å². The summed E-state index contributed by atoms with van der Waals surface area (Å²) < 4.78 is 10.7. The normalized spacial score (nSPS) is 22.2. The van der Waals surface area contributed by atoms with Crippen LogP contribution in [0.2, 0.25) is 5.02 Å². The molecule has 182 valence electrons. The largest absolute Gasteiger partial charge is 0.481 e. The second-order valence-corrected chi connectivity index (χ2v) is 9.27. The monoisotopic (exact) mass is 486 g/mol. The van der Waals surface area contributed by atoms with E-state index in [-0.39, 0.29) is 17.9 Å². The fourth-order valence-electron chi connectivity index (χ4n) is 4.80. The van der Waals surface area contributed by atoms with E-state index in [1.54, 1.807) is 44.5 Å². The summed E-state index contributed by atoms with van der Waals surface area (Å²) in [6.45, 7) is 2.69. The molecule has 1 aromatic heterocycles. The van der Waals surface area contributed by atoms with E-state index in [0.29, 0.717) is 41.6 Å². The highest BCUT2D eigenvalue weighted by Crippen LogP contribution is 2.38. The van der Waals surface area contributed by atoms with Crippen molar-refractivity contribution in [3.05, 3.63) is 53.2 Å². The van der Waals surface area contributed by atoms with Gasteiger partial charge in [-0.25, -0.2) is 4.98 Å². The Bertz CT molecular complexity index is 971. The molecule has 3 atom stereocenters. The Morgan fingerprint density at radius 2 is 1.85 bits per heavy atom. The lowest BCUT2D eigenvalue weighted by molar-refractivity contribution is -0.128. The Morgan fingerprint density at radius 1 is 1.15 bits per heavy atom. The summed E-state index contributed by atoms with van der Waals surface area (Å²) in [4.78, 5) is 31.9. The van der Waals surface area contributed by atoms with Crippen molar-refractivity contribution in [3.8, 4) is 5.75 Å². The van der Waals surface area contributed by atoms with Gasteiger partial charge < -0.3 is 25.0 Å². The highest BCUT2D eigenvalue weighted by Gasteiger charge is 2.42. The molecular weight excluding hydrogens is 456 g/mol. The number of piperidine rings is 1. The van der Waals surface area contributed by atoms with Crippen molar-refractivity contribution in [1.29, 1.82) is 0 Å². The molecule has 8 nitrogen and oxygen atoms in total. The average Bonchev–Trinajstić information content (AvgIpc) is 3.10. The van der Waals surface area contributed by atoms with E-state index in [1.807, 2.05) is 12.1 Å². The Hall–Kier alpha value is -2.84. The Kier molecular flexibility index (Phi) is 7.90. The summed E-state index contributed by atoms with van der Waals surface area (Å²) in [7, 11) is 1.60. The number of nitrogens with one attached hydrogen (secondary N) is 2. The lowest BCUT2D eigenvalue weighted by Gasteiger charge is -2.40. The highest BCUT2D eigenvalue weighted by atomic mass is 35.5. The number of methoxy groups -OCH3 is 1. The third-order valence-electron chi connectivity index (χ3n) is 6.44. The van der Waals surface area contributed by atoms with Crippen LogP contribution in [-0.4, -0.2) is 61.3 Å². The molecule has 2 amide bonds. The van der Waals surface area contributed by atoms with Crippen molar-refractivity contribution in [3.63, 3.8) is 0 Å². The number of nitrogens with zero attached hydrogens (tertiary/aromatic N) is 2. The summed E-state index contributed by atoms with van der Waals surface area (Å²) in [6, 6.07) is 11.4. The molecule has 2 bridgehead atoms. The predicted octanol–water partition coefficient (Wildman–Crippen LogP) is 3.19. The average molecular weight is 487 g/mol. The topological polar surface area (TPSA) is 92.8 Å². The first-order valence-electron chi connectivity index (χ1n) is 11.7. The van der Waals surface area contributed by atoms with Gasteiger partial charge in [-0.05, 0) is 69.0 Å². The predicted molar refractivity (Wildman–Crippen MR) is 130 cm³/mol. The second kappa shape index (κ2) is 11.1. The summed E-state index contributed by atoms with van der Waals surface area (Å²) in [5, 5.41) is 6.60. The van der Waals surface area contributed by atoms with Gasteiger partial charge in [-0.1, -0.05) is 11.6 Å². The standard InChI is InChI=1S/C25H31ClN4O4/c1-16(34-22-8-4-18(26)5-9-22)24(31)29-19-13-20-6-7-21(14-19)30(20)23-10-3-17(15-28-23)25(32)27-11-12-33-2/h3-5,8-10,15-16,19-21H,6-7,11-14H2,1-2H3,(H,27,32)(H,29,31). The van der Waals surface area contributed by atoms with Crippen LogP contribution in [0.3, 0.4) is 0 Å². The van der Waals surface area contributed by atoms with E-state index in [4.69, 9.17) is 21.1 Å². The van der Waals surface area contributed by atoms with E-state index in [1.165, 1.54) is 0 Å². The van der Waals surface area contributed by atoms with Gasteiger partial charge in [0.25, 0.3) is 11.8 Å². The molecule has 2 aliphatic heterocycles. The molecule has 0 radical (unpaired) electrons. The number of anilines is 1. The molecule has 2 saturated heterocycles. The third kappa shape index (κ3) is 5.80. The van der Waals surface area contributed by atoms with Crippen LogP contribution in [0.5, 0.6) is 5.75 Å². The zero-order valence-electron chi connectivity index (χ0n) is 19.5. The fraction of sp³-hybridized carbons (Fsp3) is 0.480. The van der Waals surface area contributed by atoms with Gasteiger partial charge in [0.1, 0.15) is 11.6 Å². The number of rotatable bonds is 9. The zero-order chi connectivity index (χ0) is 24.1. The smallest absolute Gasteiger partial charge is 0.260 e. The van der Waals surface area contributed by atoms with Crippen molar-refractivity contribution < 1.29 is 19.1 Å². The summed E-state index contributed by atoms with van der Waals surface area (Å²) in [5.74, 6) is 1.22. The van der Waals surface area contributed by atoms with E-state index < -0.39 is 6.10 Å². The first-order valence-corrected chi connectivity index (χ1v) is 12.1. The Labute approximate surface area is 205 Å². The molecule has 0 saturated carbocycles. The second-order valence-electron chi connectivity index (χ2n) is 8.84. The molecule has 4 rings (SSSR count). The minimum atomic E-state index is -0.596. The highest BCUT2D eigenvalue weighted by molar-refractivity contribution is 6.30. The minimum Gasteiger partial charge on any atom is -0.481 e. The number of carbonyl (C=O) groups is 2. The van der Waals surface area contributed by atoms with Crippen LogP contribution in [0.25, 0.3) is 0 Å². The van der Waals surface area contributed by atoms with Gasteiger partial charge in [-0.2, -0.15) is 0 Å². The van der Waals surface area contributed by atoms with Crippen molar-refractivity contribution in [2.75, 3.05) is 25.2 Å². The Balaban J connectivity index is 1.31. The number of benzene rings is 1. The van der Waals surface area contributed by atoms with Gasteiger partial charge in [-0.15, -0.1) is 0 Å². The number of amides is 2. The SMILES string of the molecule is COCCNC(=O)c1ccc(N2C3CCC2CC(NC(=O)C(C)Oc2ccc(Cl)cc2)C3)nc1. The summed E-state index contributed by atoms with van der Waals surface area (Å²) in [5.41, 5.74) is 0.532. The molecule has 2 N–H and O–H groups in total. The fourth-order valence-corrected chi connectivity index (χ4v) is 4.93. The molecule has 3 heterocycles. The van der Waals surface area contributed by atoms with E-state index in [2.05, 4.69) is 20.5 Å². The van der Waals surface area contributed by atoms with E-state index >= 15 is 0 Å². The molecule has 3 unspecified atom stereocenters. The van der Waals surface area contributed by atoms with Crippen molar-refractivity contribution >= 4 is 29.2 Å². The number of pyridine rings is 1. The summed E-state index contributed by atoms with van der Waals surface area (Å²) in [6.07, 6.45) is 4.87. The maximum atomic E-state index is 12.7. The molecule has 2 aromatic rings. The van der Waals surface area contributed by atoms with Crippen LogP contribution in [0.1, 0.15) is 43.0 Å². The molecule has 9 heteroatoms. The lowest BCUT2D eigenvalue weighted by Crippen LogP contribution is -2.52. The number of fused-ring (bicyclic) bond motifs is 2. The number of hydrogen-bond acceptors (Lipinski definition) is 6. The van der Waals surface area contributed by atoms with Gasteiger partial charge in [0.2, 0.25) is 0 Å². The van der Waals surface area contributed by atoms with Crippen LogP contribution in [0, 0.1) is 0 Å². The molecule has 2 aliphatic rings. The maximum Gasteiger partial charge on any atom is 0.260 e. The van der Waals surface area contributed by atoms with Gasteiger partial charge in [0, 0.05) is 43.0 Å². The molecule has 0 spiro atoms. The van der Waals surface area contributed by atoms with E-state index in [0.717, 1.165) is 31.5 Å². The Morgan fingerprint density at radius 3 is 2.47 bits per heavy atom. The summed E-state index contributed by atoms with van der Waals surface area (Å²) >= 11 is 5.91. The van der Waals surface area contributed by atoms with E-state index in [9.17, 15) is 9.59 Å². The molecule has 1 aromatic carbocycles. The van der Waals surface area contributed by atoms with Crippen molar-refractivity contribution in [2.45, 2.75) is 56.8 Å². The van der Waals surface area contributed by atoms with Crippen LogP contribution >= 0.6 is 11.6 Å². The number of aromatic nitrogens is 1. The van der Waals surface area contributed by atoms with Gasteiger partial charge in [0.05, 0.1) is 12.2 Å². The lowest BCUT2D eigenvalue weighted by atomic mass is 9.97. The van der Waals surface area contributed by atoms with Crippen molar-refractivity contribution in [1.82, 2.24) is 15.6 Å². The van der Waals surface area contributed by atoms with Crippen LogP contribution in [0.15, 0.2) is 42.6 Å². The van der Waals surface area contributed by atoms with Crippen LogP contribution in [0.4, 0.5) is 5.82 Å². The number of carbonyl (C=O) groups excluding carboxylic acids is 2. The minimum absolute atomic E-state index is 0.100. The first-order chi connectivity index (χ1) is 16.4. The molecule has 34 heavy (non-hydrogen) atoms. The van der Waals surface area contributed by atoms with Crippen molar-refractivity contribution in [2.24, 2.45) is 0 Å². The number of halogens is 1. The number of ether oxygens (including phenoxy) is 2.